The minimum absolute atomic E-state index is 0.0925. The summed E-state index contributed by atoms with van der Waals surface area (Å²) >= 11 is 0. The number of hydrogen-bond donors (Lipinski definition) is 7. The Morgan fingerprint density at radius 3 is 1.77 bits per heavy atom. The van der Waals surface area contributed by atoms with Crippen molar-refractivity contribution in [3.05, 3.63) is 0 Å². The van der Waals surface area contributed by atoms with Crippen LogP contribution in [-0.4, -0.2) is 201 Å². The summed E-state index contributed by atoms with van der Waals surface area (Å²) in [6.07, 6.45) is -23.4. The van der Waals surface area contributed by atoms with Crippen LogP contribution in [0.2, 0.25) is 0 Å². The van der Waals surface area contributed by atoms with Crippen LogP contribution in [0.1, 0.15) is 166 Å². The lowest BCUT2D eigenvalue weighted by Gasteiger charge is -2.50. The number of esters is 4. The van der Waals surface area contributed by atoms with Gasteiger partial charge in [0.2, 0.25) is 0 Å². The molecule has 452 valence electrons. The molecular weight excluding hydrogens is 1030 g/mol. The fourth-order valence-corrected chi connectivity index (χ4v) is 9.99. The number of aliphatic hydroxyl groups excluding tert-OH is 7. The molecule has 23 nitrogen and oxygen atoms in total. The first-order chi connectivity index (χ1) is 37.0. The van der Waals surface area contributed by atoms with Crippen LogP contribution in [0.25, 0.3) is 0 Å². The Bertz CT molecular complexity index is 1830. The van der Waals surface area contributed by atoms with Crippen molar-refractivity contribution in [3.8, 4) is 0 Å². The highest BCUT2D eigenvalue weighted by molar-refractivity contribution is 5.73. The van der Waals surface area contributed by atoms with Crippen LogP contribution in [-0.2, 0) is 76.0 Å². The van der Waals surface area contributed by atoms with Gasteiger partial charge in [0.05, 0.1) is 48.3 Å². The number of aliphatic hydroxyl groups is 7. The van der Waals surface area contributed by atoms with Gasteiger partial charge in [-0.15, -0.1) is 0 Å². The van der Waals surface area contributed by atoms with Crippen LogP contribution in [0.3, 0.4) is 0 Å². The highest BCUT2D eigenvalue weighted by Gasteiger charge is 2.58. The maximum absolute atomic E-state index is 14.1. The van der Waals surface area contributed by atoms with Gasteiger partial charge in [-0.05, 0) is 66.7 Å². The molecular formula is C55H94O23. The second-order valence-electron chi connectivity index (χ2n) is 22.2. The molecule has 5 fully saturated rings. The number of fused-ring (bicyclic) bond motifs is 4. The Hall–Kier alpha value is -2.72. The average Bonchev–Trinajstić information content (AvgIpc) is 3.41. The van der Waals surface area contributed by atoms with E-state index in [-0.39, 0.29) is 12.5 Å². The van der Waals surface area contributed by atoms with E-state index in [4.69, 9.17) is 56.8 Å². The molecule has 0 saturated carbocycles. The van der Waals surface area contributed by atoms with Gasteiger partial charge in [0.15, 0.2) is 43.5 Å². The Kier molecular flexibility index (Phi) is 26.8. The van der Waals surface area contributed by atoms with Gasteiger partial charge >= 0.3 is 23.9 Å². The molecule has 5 saturated heterocycles. The summed E-state index contributed by atoms with van der Waals surface area (Å²) in [7, 11) is 0. The van der Waals surface area contributed by atoms with Crippen molar-refractivity contribution in [1.82, 2.24) is 0 Å². The second-order valence-corrected chi connectivity index (χ2v) is 22.2. The van der Waals surface area contributed by atoms with Crippen molar-refractivity contribution in [1.29, 1.82) is 0 Å². The van der Waals surface area contributed by atoms with Crippen molar-refractivity contribution in [3.63, 3.8) is 0 Å². The molecule has 0 aromatic carbocycles. The van der Waals surface area contributed by atoms with E-state index in [0.717, 1.165) is 51.4 Å². The Morgan fingerprint density at radius 2 is 1.13 bits per heavy atom. The van der Waals surface area contributed by atoms with Gasteiger partial charge in [-0.2, -0.15) is 0 Å². The maximum Gasteiger partial charge on any atom is 0.311 e. The fraction of sp³-hybridized carbons (Fsp3) is 0.927. The van der Waals surface area contributed by atoms with E-state index in [1.54, 1.807) is 34.6 Å². The maximum atomic E-state index is 14.1. The van der Waals surface area contributed by atoms with Crippen LogP contribution < -0.4 is 0 Å². The molecule has 0 aromatic heterocycles. The van der Waals surface area contributed by atoms with E-state index in [1.807, 2.05) is 0 Å². The topological polar surface area (TPSA) is 321 Å². The Balaban J connectivity index is 1.60. The van der Waals surface area contributed by atoms with E-state index in [2.05, 4.69) is 6.92 Å². The van der Waals surface area contributed by atoms with E-state index in [1.165, 1.54) is 27.7 Å². The summed E-state index contributed by atoms with van der Waals surface area (Å²) in [5.41, 5.74) is 0. The zero-order valence-corrected chi connectivity index (χ0v) is 47.4. The largest absolute Gasteiger partial charge is 0.463 e. The molecule has 78 heavy (non-hydrogen) atoms. The van der Waals surface area contributed by atoms with Gasteiger partial charge in [-0.25, -0.2) is 0 Å². The van der Waals surface area contributed by atoms with Crippen LogP contribution in [0.5, 0.6) is 0 Å². The average molecular weight is 1120 g/mol. The third-order valence-corrected chi connectivity index (χ3v) is 16.0. The number of carbonyl (C=O) groups excluding carboxylic acids is 4. The molecule has 0 radical (unpaired) electrons. The molecule has 25 atom stereocenters. The summed E-state index contributed by atoms with van der Waals surface area (Å²) in [6, 6.07) is 0. The number of rotatable bonds is 16. The van der Waals surface area contributed by atoms with E-state index in [9.17, 15) is 54.9 Å². The molecule has 5 aliphatic heterocycles. The molecule has 5 aliphatic rings. The van der Waals surface area contributed by atoms with Gasteiger partial charge in [-0.1, -0.05) is 92.4 Å². The molecule has 0 unspecified atom stereocenters. The normalized spacial score (nSPS) is 40.4. The summed E-state index contributed by atoms with van der Waals surface area (Å²) in [4.78, 5) is 53.9. The van der Waals surface area contributed by atoms with Crippen molar-refractivity contribution in [2.75, 3.05) is 6.61 Å². The third kappa shape index (κ3) is 17.6. The highest BCUT2D eigenvalue weighted by Crippen LogP contribution is 2.38. The predicted molar refractivity (Wildman–Crippen MR) is 273 cm³/mol. The lowest BCUT2D eigenvalue weighted by atomic mass is 9.95. The van der Waals surface area contributed by atoms with Gasteiger partial charge in [0.25, 0.3) is 0 Å². The summed E-state index contributed by atoms with van der Waals surface area (Å²) in [5, 5.41) is 80.5. The van der Waals surface area contributed by atoms with Gasteiger partial charge in [0.1, 0.15) is 67.6 Å². The monoisotopic (exact) mass is 1120 g/mol. The zero-order valence-electron chi connectivity index (χ0n) is 47.4. The Labute approximate surface area is 459 Å². The van der Waals surface area contributed by atoms with Crippen LogP contribution >= 0.6 is 0 Å². The highest BCUT2D eigenvalue weighted by atomic mass is 16.8. The standard InChI is InChI=1S/C55H94O23/c1-11-14-20-23-34-24-21-18-16-15-17-19-22-25-36(57)73-47-44(76-52-42(63)41(62)43(32(9)69-52)74-50(65)28(5)13-3)33(10)70-55(48(47)75-51(66)29(6)30(7)56)78-46-40(61)38(59)35(26-67-49(64)27(4)12-2)72-54(46)77-45-39(60)37(58)31(8)68-53(45)71-34/h27-35,37-48,52-56,58-63H,11-26H2,1-10H3/t27-,28-,29+,30+,31+,32+,33-,34-,35+,37+,38+,39-,40-,41+,42+,43+,44-,45+,46+,47+,48+,52-,53-,54-,55-/m0/s1. The molecule has 0 aliphatic carbocycles. The molecule has 2 bridgehead atoms. The van der Waals surface area contributed by atoms with Crippen molar-refractivity contribution in [2.24, 2.45) is 17.8 Å². The molecule has 5 heterocycles. The van der Waals surface area contributed by atoms with Crippen LogP contribution in [0.15, 0.2) is 0 Å². The zero-order chi connectivity index (χ0) is 57.5. The first-order valence-corrected chi connectivity index (χ1v) is 28.8. The van der Waals surface area contributed by atoms with Gasteiger partial charge in [0, 0.05) is 6.42 Å². The molecule has 0 spiro atoms. The van der Waals surface area contributed by atoms with Gasteiger partial charge < -0.3 is 92.6 Å². The number of unbranched alkanes of at least 4 members (excludes halogenated alkanes) is 2. The fourth-order valence-electron chi connectivity index (χ4n) is 9.99. The number of hydrogen-bond acceptors (Lipinski definition) is 23. The quantitative estimate of drug-likeness (QED) is 0.0663. The predicted octanol–water partition coefficient (Wildman–Crippen LogP) is 3.14. The van der Waals surface area contributed by atoms with E-state index >= 15 is 0 Å². The SMILES string of the molecule is CCCCC[C@H]1CCCCCCCCCC(=O)O[C@@H]2[C@@H](O[C@@H]3O[C@H](C)[C@@H](OC(=O)[C@@H](C)CC)[C@H](O)[C@H]3O)[C@H](C)O[C@@H](O[C@H]3[C@H](O[C@H]4[C@H](O1)O[C@H](C)[C@@H](O)[C@@H]4O)O[C@H](COC(=O)[C@@H](C)CC)[C@@H](O)[C@@H]3O)[C@@H]2OC(=O)[C@H](C)[C@@H](C)O. The summed E-state index contributed by atoms with van der Waals surface area (Å²) in [6.45, 7) is 15.7. The minimum Gasteiger partial charge on any atom is -0.463 e. The smallest absolute Gasteiger partial charge is 0.311 e. The second kappa shape index (κ2) is 31.6. The first kappa shape index (κ1) is 66.1. The lowest BCUT2D eigenvalue weighted by molar-refractivity contribution is -0.399. The van der Waals surface area contributed by atoms with Crippen LogP contribution in [0, 0.1) is 17.8 Å². The molecule has 7 N–H and O–H groups in total. The molecule has 0 amide bonds. The minimum atomic E-state index is -2.01. The van der Waals surface area contributed by atoms with Gasteiger partial charge in [-0.3, -0.25) is 19.2 Å². The third-order valence-electron chi connectivity index (χ3n) is 16.0. The first-order valence-electron chi connectivity index (χ1n) is 28.8. The number of ether oxygens (including phenoxy) is 12. The van der Waals surface area contributed by atoms with E-state index in [0.29, 0.717) is 38.5 Å². The van der Waals surface area contributed by atoms with Crippen molar-refractivity contribution >= 4 is 23.9 Å². The van der Waals surface area contributed by atoms with Crippen LogP contribution in [0.4, 0.5) is 0 Å². The lowest BCUT2D eigenvalue weighted by Crippen LogP contribution is -2.68. The summed E-state index contributed by atoms with van der Waals surface area (Å²) in [5.74, 6) is -5.27. The molecule has 0 aromatic rings. The summed E-state index contributed by atoms with van der Waals surface area (Å²) < 4.78 is 74.6. The van der Waals surface area contributed by atoms with Crippen molar-refractivity contribution < 1.29 is 112 Å². The molecule has 5 rings (SSSR count). The number of carbonyl (C=O) groups is 4. The molecule has 23 heteroatoms. The Morgan fingerprint density at radius 1 is 0.564 bits per heavy atom. The van der Waals surface area contributed by atoms with E-state index < -0.39 is 177 Å². The van der Waals surface area contributed by atoms with Crippen molar-refractivity contribution in [2.45, 2.75) is 301 Å².